The second-order valence-electron chi connectivity index (χ2n) is 3.70. The van der Waals surface area contributed by atoms with Crippen molar-refractivity contribution < 1.29 is 24.0 Å². The first-order chi connectivity index (χ1) is 8.16. The van der Waals surface area contributed by atoms with Crippen LogP contribution in [0.5, 0.6) is 0 Å². The standard InChI is InChI=1S/C9H13N3O5/c13-7-5-10-9(15)12(7)17-8(14)6-11-1-3-16-4-2-11/h1-6H2,(H,10,15). The fraction of sp³-hybridized carbons (Fsp3) is 0.667. The maximum absolute atomic E-state index is 11.5. The lowest BCUT2D eigenvalue weighted by Crippen LogP contribution is -2.42. The van der Waals surface area contributed by atoms with Crippen LogP contribution in [0.25, 0.3) is 0 Å². The fourth-order valence-corrected chi connectivity index (χ4v) is 1.57. The molecule has 2 aliphatic heterocycles. The van der Waals surface area contributed by atoms with Gasteiger partial charge in [0.1, 0.15) is 6.54 Å². The van der Waals surface area contributed by atoms with Gasteiger partial charge in [0.15, 0.2) is 0 Å². The van der Waals surface area contributed by atoms with E-state index in [9.17, 15) is 14.4 Å². The average molecular weight is 243 g/mol. The monoisotopic (exact) mass is 243 g/mol. The quantitative estimate of drug-likeness (QED) is 0.596. The van der Waals surface area contributed by atoms with Crippen molar-refractivity contribution in [3.8, 4) is 0 Å². The zero-order chi connectivity index (χ0) is 12.3. The third-order valence-electron chi connectivity index (χ3n) is 2.45. The SMILES string of the molecule is O=C(CN1CCOCC1)ON1C(=O)CNC1=O. The van der Waals surface area contributed by atoms with Gasteiger partial charge in [-0.1, -0.05) is 5.06 Å². The number of carbonyl (C=O) groups excluding carboxylic acids is 3. The number of hydroxylamine groups is 2. The third-order valence-corrected chi connectivity index (χ3v) is 2.45. The molecule has 94 valence electrons. The number of ether oxygens (including phenoxy) is 1. The Kier molecular flexibility index (Phi) is 3.55. The smallest absolute Gasteiger partial charge is 0.358 e. The number of nitrogens with one attached hydrogen (secondary N) is 1. The van der Waals surface area contributed by atoms with E-state index in [1.54, 1.807) is 0 Å². The predicted octanol–water partition coefficient (Wildman–Crippen LogP) is -1.67. The fourth-order valence-electron chi connectivity index (χ4n) is 1.57. The highest BCUT2D eigenvalue weighted by Crippen LogP contribution is 2.02. The Labute approximate surface area is 97.4 Å². The molecule has 0 bridgehead atoms. The van der Waals surface area contributed by atoms with Crippen molar-refractivity contribution >= 4 is 17.9 Å². The summed E-state index contributed by atoms with van der Waals surface area (Å²) in [7, 11) is 0. The molecule has 0 radical (unpaired) electrons. The van der Waals surface area contributed by atoms with Gasteiger partial charge >= 0.3 is 12.0 Å². The Bertz CT molecular complexity index is 324. The number of imide groups is 1. The zero-order valence-corrected chi connectivity index (χ0v) is 9.18. The van der Waals surface area contributed by atoms with E-state index in [1.165, 1.54) is 0 Å². The molecular formula is C9H13N3O5. The highest BCUT2D eigenvalue weighted by molar-refractivity contribution is 6.01. The Morgan fingerprint density at radius 3 is 2.65 bits per heavy atom. The Morgan fingerprint density at radius 1 is 1.35 bits per heavy atom. The molecule has 2 heterocycles. The molecule has 0 unspecified atom stereocenters. The van der Waals surface area contributed by atoms with Crippen LogP contribution in [0.2, 0.25) is 0 Å². The first kappa shape index (κ1) is 11.8. The maximum Gasteiger partial charge on any atom is 0.358 e. The molecular weight excluding hydrogens is 230 g/mol. The molecule has 0 aliphatic carbocycles. The molecule has 0 atom stereocenters. The van der Waals surface area contributed by atoms with Gasteiger partial charge in [-0.15, -0.1) is 0 Å². The normalized spacial score (nSPS) is 21.5. The van der Waals surface area contributed by atoms with Crippen molar-refractivity contribution in [3.05, 3.63) is 0 Å². The molecule has 0 aromatic rings. The van der Waals surface area contributed by atoms with Gasteiger partial charge in [0.05, 0.1) is 19.8 Å². The Morgan fingerprint density at radius 2 is 2.06 bits per heavy atom. The topological polar surface area (TPSA) is 88.2 Å². The summed E-state index contributed by atoms with van der Waals surface area (Å²) in [6.45, 7) is 2.31. The lowest BCUT2D eigenvalue weighted by atomic mass is 10.4. The highest BCUT2D eigenvalue weighted by Gasteiger charge is 2.33. The first-order valence-corrected chi connectivity index (χ1v) is 5.28. The van der Waals surface area contributed by atoms with E-state index in [0.717, 1.165) is 0 Å². The van der Waals surface area contributed by atoms with Gasteiger partial charge in [-0.2, -0.15) is 0 Å². The van der Waals surface area contributed by atoms with Crippen molar-refractivity contribution in [1.82, 2.24) is 15.3 Å². The molecule has 17 heavy (non-hydrogen) atoms. The van der Waals surface area contributed by atoms with Gasteiger partial charge in [0.25, 0.3) is 5.91 Å². The van der Waals surface area contributed by atoms with Gasteiger partial charge in [-0.25, -0.2) is 9.59 Å². The van der Waals surface area contributed by atoms with E-state index in [2.05, 4.69) is 10.2 Å². The summed E-state index contributed by atoms with van der Waals surface area (Å²) in [5.41, 5.74) is 0. The van der Waals surface area contributed by atoms with Crippen LogP contribution < -0.4 is 5.32 Å². The minimum Gasteiger partial charge on any atom is -0.379 e. The molecule has 2 saturated heterocycles. The van der Waals surface area contributed by atoms with E-state index in [4.69, 9.17) is 4.74 Å². The van der Waals surface area contributed by atoms with Crippen molar-refractivity contribution in [2.75, 3.05) is 39.4 Å². The van der Waals surface area contributed by atoms with Crippen LogP contribution in [0, 0.1) is 0 Å². The highest BCUT2D eigenvalue weighted by atomic mass is 16.7. The minimum atomic E-state index is -0.703. The number of hydrogen-bond donors (Lipinski definition) is 1. The zero-order valence-electron chi connectivity index (χ0n) is 9.18. The molecule has 8 heteroatoms. The van der Waals surface area contributed by atoms with Crippen molar-refractivity contribution in [3.63, 3.8) is 0 Å². The van der Waals surface area contributed by atoms with Gasteiger partial charge in [0, 0.05) is 13.1 Å². The second-order valence-corrected chi connectivity index (χ2v) is 3.70. The van der Waals surface area contributed by atoms with E-state index in [0.29, 0.717) is 31.4 Å². The lowest BCUT2D eigenvalue weighted by molar-refractivity contribution is -0.183. The van der Waals surface area contributed by atoms with E-state index < -0.39 is 17.9 Å². The Balaban J connectivity index is 1.80. The summed E-state index contributed by atoms with van der Waals surface area (Å²) in [6.07, 6.45) is 0. The first-order valence-electron chi connectivity index (χ1n) is 5.28. The molecule has 0 aromatic heterocycles. The van der Waals surface area contributed by atoms with Crippen LogP contribution >= 0.6 is 0 Å². The van der Waals surface area contributed by atoms with Crippen molar-refractivity contribution in [1.29, 1.82) is 0 Å². The van der Waals surface area contributed by atoms with Crippen molar-refractivity contribution in [2.24, 2.45) is 0 Å². The second kappa shape index (κ2) is 5.11. The number of amides is 3. The van der Waals surface area contributed by atoms with Crippen LogP contribution in [-0.4, -0.2) is 67.3 Å². The summed E-state index contributed by atoms with van der Waals surface area (Å²) < 4.78 is 5.13. The number of morpholine rings is 1. The molecule has 2 rings (SSSR count). The van der Waals surface area contributed by atoms with Crippen LogP contribution in [0.4, 0.5) is 4.79 Å². The number of urea groups is 1. The number of nitrogens with zero attached hydrogens (tertiary/aromatic N) is 2. The molecule has 2 fully saturated rings. The van der Waals surface area contributed by atoms with Crippen LogP contribution in [0.1, 0.15) is 0 Å². The summed E-state index contributed by atoms with van der Waals surface area (Å²) in [6, 6.07) is -0.703. The van der Waals surface area contributed by atoms with Gasteiger partial charge in [0.2, 0.25) is 0 Å². The molecule has 1 N–H and O–H groups in total. The number of hydrogen-bond acceptors (Lipinski definition) is 6. The number of carbonyl (C=O) groups is 3. The van der Waals surface area contributed by atoms with Gasteiger partial charge in [-0.3, -0.25) is 9.69 Å². The lowest BCUT2D eigenvalue weighted by Gasteiger charge is -2.25. The summed E-state index contributed by atoms with van der Waals surface area (Å²) in [5.74, 6) is -1.19. The molecule has 2 aliphatic rings. The summed E-state index contributed by atoms with van der Waals surface area (Å²) in [5, 5.41) is 2.72. The Hall–Kier alpha value is -1.67. The molecule has 0 saturated carbocycles. The van der Waals surface area contributed by atoms with Crippen molar-refractivity contribution in [2.45, 2.75) is 0 Å². The predicted molar refractivity (Wildman–Crippen MR) is 53.6 cm³/mol. The summed E-state index contributed by atoms with van der Waals surface area (Å²) >= 11 is 0. The van der Waals surface area contributed by atoms with Crippen LogP contribution in [0.3, 0.4) is 0 Å². The van der Waals surface area contributed by atoms with Crippen LogP contribution in [-0.2, 0) is 19.2 Å². The van der Waals surface area contributed by atoms with E-state index in [-0.39, 0.29) is 13.1 Å². The maximum atomic E-state index is 11.5. The van der Waals surface area contributed by atoms with Gasteiger partial charge in [-0.05, 0) is 0 Å². The van der Waals surface area contributed by atoms with E-state index in [1.807, 2.05) is 4.90 Å². The molecule has 8 nitrogen and oxygen atoms in total. The number of rotatable bonds is 3. The summed E-state index contributed by atoms with van der Waals surface area (Å²) in [4.78, 5) is 40.2. The third kappa shape index (κ3) is 2.92. The average Bonchev–Trinajstić information content (AvgIpc) is 2.62. The largest absolute Gasteiger partial charge is 0.379 e. The molecule has 3 amide bonds. The van der Waals surface area contributed by atoms with Crippen LogP contribution in [0.15, 0.2) is 0 Å². The minimum absolute atomic E-state index is 0.0421. The van der Waals surface area contributed by atoms with E-state index >= 15 is 0 Å². The molecule has 0 spiro atoms. The van der Waals surface area contributed by atoms with Gasteiger partial charge < -0.3 is 14.9 Å². The molecule has 0 aromatic carbocycles.